The molecule has 0 saturated carbocycles. The van der Waals surface area contributed by atoms with Gasteiger partial charge in [-0.1, -0.05) is 19.9 Å². The van der Waals surface area contributed by atoms with Crippen LogP contribution >= 0.6 is 0 Å². The average molecular weight is 235 g/mol. The molecule has 94 valence electrons. The highest BCUT2D eigenvalue weighted by molar-refractivity contribution is 5.78. The van der Waals surface area contributed by atoms with E-state index in [4.69, 9.17) is 0 Å². The van der Waals surface area contributed by atoms with Gasteiger partial charge in [0.1, 0.15) is 0 Å². The fourth-order valence-corrected chi connectivity index (χ4v) is 1.28. The van der Waals surface area contributed by atoms with Crippen LogP contribution in [0.25, 0.3) is 0 Å². The molecule has 0 radical (unpaired) electrons. The molecule has 2 N–H and O–H groups in total. The Kier molecular flexibility index (Phi) is 5.63. The molecule has 1 aromatic heterocycles. The Hall–Kier alpha value is -1.42. The number of carbonyl (C=O) groups is 1. The zero-order chi connectivity index (χ0) is 12.7. The van der Waals surface area contributed by atoms with E-state index in [9.17, 15) is 4.79 Å². The van der Waals surface area contributed by atoms with Gasteiger partial charge in [0.25, 0.3) is 0 Å². The first-order chi connectivity index (χ1) is 8.09. The number of carbonyl (C=O) groups excluding carboxylic acids is 1. The number of amides is 1. The summed E-state index contributed by atoms with van der Waals surface area (Å²) in [6, 6.07) is 5.95. The van der Waals surface area contributed by atoms with E-state index in [1.54, 1.807) is 6.20 Å². The van der Waals surface area contributed by atoms with Crippen molar-refractivity contribution in [3.63, 3.8) is 0 Å². The minimum Gasteiger partial charge on any atom is -0.352 e. The number of pyridine rings is 1. The lowest BCUT2D eigenvalue weighted by atomic mass is 10.1. The van der Waals surface area contributed by atoms with E-state index in [0.717, 1.165) is 5.69 Å². The van der Waals surface area contributed by atoms with Gasteiger partial charge in [-0.2, -0.15) is 0 Å². The largest absolute Gasteiger partial charge is 0.352 e. The van der Waals surface area contributed by atoms with Gasteiger partial charge in [0.05, 0.1) is 12.2 Å². The summed E-state index contributed by atoms with van der Waals surface area (Å²) in [5.41, 5.74) is 0.942. The predicted octanol–water partition coefficient (Wildman–Crippen LogP) is 1.33. The third-order valence-corrected chi connectivity index (χ3v) is 2.71. The topological polar surface area (TPSA) is 54.0 Å². The monoisotopic (exact) mass is 235 g/mol. The first-order valence-corrected chi connectivity index (χ1v) is 5.99. The van der Waals surface area contributed by atoms with Crippen LogP contribution in [0.2, 0.25) is 0 Å². The van der Waals surface area contributed by atoms with Crippen molar-refractivity contribution in [1.29, 1.82) is 0 Å². The van der Waals surface area contributed by atoms with Crippen molar-refractivity contribution >= 4 is 5.91 Å². The predicted molar refractivity (Wildman–Crippen MR) is 68.4 cm³/mol. The van der Waals surface area contributed by atoms with Gasteiger partial charge < -0.3 is 10.6 Å². The Morgan fingerprint density at radius 1 is 1.35 bits per heavy atom. The minimum atomic E-state index is 0.0298. The van der Waals surface area contributed by atoms with Crippen LogP contribution in [0.15, 0.2) is 24.4 Å². The second-order valence-electron chi connectivity index (χ2n) is 4.52. The fourth-order valence-electron chi connectivity index (χ4n) is 1.28. The molecular weight excluding hydrogens is 214 g/mol. The molecule has 0 aromatic carbocycles. The van der Waals surface area contributed by atoms with E-state index >= 15 is 0 Å². The van der Waals surface area contributed by atoms with E-state index in [-0.39, 0.29) is 11.9 Å². The number of rotatable bonds is 6. The molecule has 0 bridgehead atoms. The Morgan fingerprint density at radius 2 is 2.12 bits per heavy atom. The van der Waals surface area contributed by atoms with Crippen molar-refractivity contribution < 1.29 is 4.79 Å². The zero-order valence-corrected chi connectivity index (χ0v) is 10.7. The van der Waals surface area contributed by atoms with Gasteiger partial charge in [0.2, 0.25) is 5.91 Å². The lowest BCUT2D eigenvalue weighted by Gasteiger charge is -2.17. The molecule has 1 unspecified atom stereocenters. The molecule has 0 aliphatic rings. The summed E-state index contributed by atoms with van der Waals surface area (Å²) < 4.78 is 0. The Labute approximate surface area is 103 Å². The standard InChI is InChI=1S/C13H21N3O/c1-10(2)11(3)16-13(17)9-14-8-12-6-4-5-7-15-12/h4-7,10-11,14H,8-9H2,1-3H3,(H,16,17). The molecule has 4 heteroatoms. The summed E-state index contributed by atoms with van der Waals surface area (Å²) in [6.07, 6.45) is 1.75. The second kappa shape index (κ2) is 7.01. The first-order valence-electron chi connectivity index (χ1n) is 5.99. The molecule has 0 spiro atoms. The highest BCUT2D eigenvalue weighted by Gasteiger charge is 2.09. The maximum Gasteiger partial charge on any atom is 0.234 e. The fraction of sp³-hybridized carbons (Fsp3) is 0.538. The van der Waals surface area contributed by atoms with Crippen molar-refractivity contribution in [2.75, 3.05) is 6.54 Å². The quantitative estimate of drug-likeness (QED) is 0.782. The molecule has 1 amide bonds. The van der Waals surface area contributed by atoms with Crippen molar-refractivity contribution in [2.45, 2.75) is 33.4 Å². The number of hydrogen-bond donors (Lipinski definition) is 2. The van der Waals surface area contributed by atoms with Crippen LogP contribution < -0.4 is 10.6 Å². The van der Waals surface area contributed by atoms with E-state index in [1.807, 2.05) is 25.1 Å². The average Bonchev–Trinajstić information content (AvgIpc) is 2.30. The number of nitrogens with zero attached hydrogens (tertiary/aromatic N) is 1. The third kappa shape index (κ3) is 5.45. The van der Waals surface area contributed by atoms with Crippen LogP contribution in [-0.2, 0) is 11.3 Å². The molecule has 0 saturated heterocycles. The Bertz CT molecular complexity index is 338. The summed E-state index contributed by atoms with van der Waals surface area (Å²) >= 11 is 0. The minimum absolute atomic E-state index is 0.0298. The lowest BCUT2D eigenvalue weighted by Crippen LogP contribution is -2.41. The van der Waals surface area contributed by atoms with Gasteiger partial charge in [-0.3, -0.25) is 9.78 Å². The van der Waals surface area contributed by atoms with Crippen LogP contribution in [0.5, 0.6) is 0 Å². The van der Waals surface area contributed by atoms with Crippen LogP contribution in [0.3, 0.4) is 0 Å². The Morgan fingerprint density at radius 3 is 2.71 bits per heavy atom. The Balaban J connectivity index is 2.21. The van der Waals surface area contributed by atoms with Gasteiger partial charge in [0, 0.05) is 18.8 Å². The molecule has 1 rings (SSSR count). The van der Waals surface area contributed by atoms with Gasteiger partial charge >= 0.3 is 0 Å². The van der Waals surface area contributed by atoms with Crippen LogP contribution in [-0.4, -0.2) is 23.5 Å². The van der Waals surface area contributed by atoms with Crippen molar-refractivity contribution in [3.05, 3.63) is 30.1 Å². The van der Waals surface area contributed by atoms with Crippen LogP contribution in [0.4, 0.5) is 0 Å². The van der Waals surface area contributed by atoms with Crippen LogP contribution in [0.1, 0.15) is 26.5 Å². The molecular formula is C13H21N3O. The molecule has 1 atom stereocenters. The molecule has 1 aromatic rings. The smallest absolute Gasteiger partial charge is 0.234 e. The molecule has 17 heavy (non-hydrogen) atoms. The summed E-state index contributed by atoms with van der Waals surface area (Å²) in [4.78, 5) is 15.7. The summed E-state index contributed by atoms with van der Waals surface area (Å²) in [7, 11) is 0. The van der Waals surface area contributed by atoms with Gasteiger partial charge in [0.15, 0.2) is 0 Å². The van der Waals surface area contributed by atoms with E-state index in [2.05, 4.69) is 29.5 Å². The third-order valence-electron chi connectivity index (χ3n) is 2.71. The summed E-state index contributed by atoms with van der Waals surface area (Å²) in [5.74, 6) is 0.483. The van der Waals surface area contributed by atoms with Crippen molar-refractivity contribution in [2.24, 2.45) is 5.92 Å². The zero-order valence-electron chi connectivity index (χ0n) is 10.7. The van der Waals surface area contributed by atoms with Crippen molar-refractivity contribution in [1.82, 2.24) is 15.6 Å². The molecule has 0 aliphatic heterocycles. The molecule has 0 fully saturated rings. The maximum absolute atomic E-state index is 11.6. The highest BCUT2D eigenvalue weighted by Crippen LogP contribution is 1.98. The van der Waals surface area contributed by atoms with E-state index in [0.29, 0.717) is 19.0 Å². The second-order valence-corrected chi connectivity index (χ2v) is 4.52. The van der Waals surface area contributed by atoms with Gasteiger partial charge in [-0.25, -0.2) is 0 Å². The van der Waals surface area contributed by atoms with E-state index in [1.165, 1.54) is 0 Å². The van der Waals surface area contributed by atoms with E-state index < -0.39 is 0 Å². The maximum atomic E-state index is 11.6. The number of aromatic nitrogens is 1. The number of nitrogens with one attached hydrogen (secondary N) is 2. The molecule has 4 nitrogen and oxygen atoms in total. The summed E-state index contributed by atoms with van der Waals surface area (Å²) in [5, 5.41) is 6.01. The normalized spacial score (nSPS) is 12.5. The summed E-state index contributed by atoms with van der Waals surface area (Å²) in [6.45, 7) is 7.14. The van der Waals surface area contributed by atoms with Crippen molar-refractivity contribution in [3.8, 4) is 0 Å². The van der Waals surface area contributed by atoms with Crippen LogP contribution in [0, 0.1) is 5.92 Å². The first kappa shape index (κ1) is 13.6. The highest BCUT2D eigenvalue weighted by atomic mass is 16.1. The molecule has 1 heterocycles. The van der Waals surface area contributed by atoms with Gasteiger partial charge in [-0.05, 0) is 25.0 Å². The molecule has 0 aliphatic carbocycles. The lowest BCUT2D eigenvalue weighted by molar-refractivity contribution is -0.121. The SMILES string of the molecule is CC(C)C(C)NC(=O)CNCc1ccccn1. The van der Waals surface area contributed by atoms with Gasteiger partial charge in [-0.15, -0.1) is 0 Å². The number of hydrogen-bond acceptors (Lipinski definition) is 3.